The molecule has 160 valence electrons. The number of methoxy groups -OCH3 is 1. The Kier molecular flexibility index (Phi) is 5.22. The van der Waals surface area contributed by atoms with Gasteiger partial charge in [-0.1, -0.05) is 12.1 Å². The summed E-state index contributed by atoms with van der Waals surface area (Å²) in [5.41, 5.74) is 4.00. The topological polar surface area (TPSA) is 57.7 Å². The molecule has 30 heavy (non-hydrogen) atoms. The quantitative estimate of drug-likeness (QED) is 0.831. The Labute approximate surface area is 179 Å². The maximum atomic E-state index is 12.9. The number of aromatic nitrogens is 1. The van der Waals surface area contributed by atoms with Crippen LogP contribution >= 0.6 is 0 Å². The average molecular weight is 409 g/mol. The smallest absolute Gasteiger partial charge is 0.322 e. The fourth-order valence-electron chi connectivity index (χ4n) is 5.21. The van der Waals surface area contributed by atoms with E-state index >= 15 is 0 Å². The summed E-state index contributed by atoms with van der Waals surface area (Å²) in [5.74, 6) is 0.886. The van der Waals surface area contributed by atoms with Crippen molar-refractivity contribution in [2.45, 2.75) is 50.6 Å². The van der Waals surface area contributed by atoms with Gasteiger partial charge < -0.3 is 10.1 Å². The Bertz CT molecular complexity index is 948. The first kappa shape index (κ1) is 20.7. The van der Waals surface area contributed by atoms with E-state index in [2.05, 4.69) is 47.5 Å². The third-order valence-electron chi connectivity index (χ3n) is 7.09. The van der Waals surface area contributed by atoms with E-state index in [1.807, 2.05) is 37.1 Å². The Hall–Kier alpha value is -2.60. The minimum atomic E-state index is -0.188. The lowest BCUT2D eigenvalue weighted by Crippen LogP contribution is -2.54. The van der Waals surface area contributed by atoms with Crippen LogP contribution in [0.25, 0.3) is 0 Å². The molecule has 4 rings (SSSR count). The summed E-state index contributed by atoms with van der Waals surface area (Å²) in [7, 11) is 6.01. The number of carbonyl (C=O) groups excluding carboxylic acids is 1. The van der Waals surface area contributed by atoms with Crippen molar-refractivity contribution >= 4 is 11.7 Å². The summed E-state index contributed by atoms with van der Waals surface area (Å²) in [6.07, 6.45) is 5.65. The van der Waals surface area contributed by atoms with Gasteiger partial charge in [-0.3, -0.25) is 14.8 Å². The van der Waals surface area contributed by atoms with E-state index in [-0.39, 0.29) is 17.1 Å². The number of carbonyl (C=O) groups is 1. The van der Waals surface area contributed by atoms with Crippen molar-refractivity contribution in [1.29, 1.82) is 0 Å². The van der Waals surface area contributed by atoms with Crippen LogP contribution in [-0.4, -0.2) is 49.2 Å². The molecular formula is C24H32N4O2. The number of hydrogen-bond acceptors (Lipinski definition) is 4. The van der Waals surface area contributed by atoms with Crippen LogP contribution in [0.3, 0.4) is 0 Å². The lowest BCUT2D eigenvalue weighted by atomic mass is 9.69. The molecule has 6 nitrogen and oxygen atoms in total. The van der Waals surface area contributed by atoms with Crippen molar-refractivity contribution < 1.29 is 9.53 Å². The second-order valence-corrected chi connectivity index (χ2v) is 9.07. The molecule has 0 unspecified atom stereocenters. The molecule has 1 aliphatic heterocycles. The number of pyridine rings is 1. The summed E-state index contributed by atoms with van der Waals surface area (Å²) < 4.78 is 5.47. The molecule has 2 amide bonds. The van der Waals surface area contributed by atoms with Crippen LogP contribution in [0.5, 0.6) is 5.75 Å². The van der Waals surface area contributed by atoms with Gasteiger partial charge in [-0.25, -0.2) is 4.79 Å². The van der Waals surface area contributed by atoms with E-state index in [1.165, 1.54) is 5.56 Å². The number of aryl methyl sites for hydroxylation is 2. The van der Waals surface area contributed by atoms with Crippen LogP contribution in [0.4, 0.5) is 10.5 Å². The normalized spacial score (nSPS) is 26.3. The number of benzene rings is 1. The van der Waals surface area contributed by atoms with Crippen molar-refractivity contribution in [2.75, 3.05) is 32.6 Å². The van der Waals surface area contributed by atoms with Crippen molar-refractivity contribution in [3.63, 3.8) is 0 Å². The first-order chi connectivity index (χ1) is 14.3. The molecule has 2 aromatic rings. The van der Waals surface area contributed by atoms with E-state index in [1.54, 1.807) is 7.11 Å². The third kappa shape index (κ3) is 3.43. The molecule has 0 bridgehead atoms. The summed E-state index contributed by atoms with van der Waals surface area (Å²) in [6, 6.07) is 10.4. The molecule has 1 saturated heterocycles. The van der Waals surface area contributed by atoms with Crippen LogP contribution < -0.4 is 15.0 Å². The molecule has 1 aliphatic carbocycles. The SMILES string of the molecule is COc1cccc(C2(N(C)C)CCC3(CC2)CN(c2cnc(C)cc2C)C(=O)N3)c1. The fraction of sp³-hybridized carbons (Fsp3) is 0.500. The second-order valence-electron chi connectivity index (χ2n) is 9.07. The van der Waals surface area contributed by atoms with E-state index < -0.39 is 0 Å². The predicted octanol–water partition coefficient (Wildman–Crippen LogP) is 4.01. The van der Waals surface area contributed by atoms with Crippen molar-refractivity contribution in [3.8, 4) is 5.75 Å². The summed E-state index contributed by atoms with van der Waals surface area (Å²) >= 11 is 0. The Morgan fingerprint density at radius 2 is 1.87 bits per heavy atom. The number of urea groups is 1. The number of nitrogens with zero attached hydrogens (tertiary/aromatic N) is 3. The maximum Gasteiger partial charge on any atom is 0.322 e. The first-order valence-electron chi connectivity index (χ1n) is 10.6. The van der Waals surface area contributed by atoms with Crippen molar-refractivity contribution in [1.82, 2.24) is 15.2 Å². The monoisotopic (exact) mass is 408 g/mol. The van der Waals surface area contributed by atoms with Gasteiger partial charge in [0.15, 0.2) is 0 Å². The molecular weight excluding hydrogens is 376 g/mol. The number of amides is 2. The van der Waals surface area contributed by atoms with Crippen LogP contribution in [0, 0.1) is 13.8 Å². The van der Waals surface area contributed by atoms with Gasteiger partial charge in [0.2, 0.25) is 0 Å². The Morgan fingerprint density at radius 1 is 1.13 bits per heavy atom. The zero-order valence-corrected chi connectivity index (χ0v) is 18.7. The highest BCUT2D eigenvalue weighted by Gasteiger charge is 2.50. The van der Waals surface area contributed by atoms with Crippen molar-refractivity contribution in [3.05, 3.63) is 53.3 Å². The molecule has 1 spiro atoms. The van der Waals surface area contributed by atoms with E-state index in [0.717, 1.165) is 48.4 Å². The van der Waals surface area contributed by atoms with Crippen LogP contribution in [-0.2, 0) is 5.54 Å². The van der Waals surface area contributed by atoms with Gasteiger partial charge in [0.1, 0.15) is 5.75 Å². The van der Waals surface area contributed by atoms with Crippen LogP contribution in [0.2, 0.25) is 0 Å². The zero-order chi connectivity index (χ0) is 21.5. The molecule has 1 N–H and O–H groups in total. The van der Waals surface area contributed by atoms with Gasteiger partial charge in [0, 0.05) is 11.2 Å². The standard InChI is InChI=1S/C24H32N4O2/c1-17-13-18(2)25-15-21(17)28-16-23(26-22(28)29)9-11-24(12-10-23,27(3)4)19-7-6-8-20(14-19)30-5/h6-8,13-15H,9-12,16H2,1-5H3,(H,26,29). The molecule has 2 heterocycles. The number of rotatable bonds is 4. The molecule has 1 aromatic carbocycles. The number of hydrogen-bond donors (Lipinski definition) is 1. The Balaban J connectivity index is 1.57. The summed E-state index contributed by atoms with van der Waals surface area (Å²) in [4.78, 5) is 21.5. The predicted molar refractivity (Wildman–Crippen MR) is 119 cm³/mol. The second kappa shape index (κ2) is 7.58. The van der Waals surface area contributed by atoms with E-state index in [0.29, 0.717) is 6.54 Å². The highest BCUT2D eigenvalue weighted by atomic mass is 16.5. The molecule has 2 fully saturated rings. The number of anilines is 1. The molecule has 1 aromatic heterocycles. The Morgan fingerprint density at radius 3 is 2.50 bits per heavy atom. The lowest BCUT2D eigenvalue weighted by Gasteiger charge is -2.48. The number of ether oxygens (including phenoxy) is 1. The van der Waals surface area contributed by atoms with Gasteiger partial charge in [-0.05, 0) is 83.0 Å². The number of nitrogens with one attached hydrogen (secondary N) is 1. The van der Waals surface area contributed by atoms with Crippen LogP contribution in [0.1, 0.15) is 42.5 Å². The summed E-state index contributed by atoms with van der Waals surface area (Å²) in [6.45, 7) is 4.71. The molecule has 6 heteroatoms. The maximum absolute atomic E-state index is 12.9. The highest BCUT2D eigenvalue weighted by Crippen LogP contribution is 2.47. The summed E-state index contributed by atoms with van der Waals surface area (Å²) in [5, 5.41) is 3.33. The van der Waals surface area contributed by atoms with Gasteiger partial charge in [-0.15, -0.1) is 0 Å². The van der Waals surface area contributed by atoms with Gasteiger partial charge in [0.25, 0.3) is 0 Å². The first-order valence-corrected chi connectivity index (χ1v) is 10.6. The minimum Gasteiger partial charge on any atom is -0.497 e. The average Bonchev–Trinajstić information content (AvgIpc) is 3.04. The zero-order valence-electron chi connectivity index (χ0n) is 18.7. The lowest BCUT2D eigenvalue weighted by molar-refractivity contribution is 0.0656. The van der Waals surface area contributed by atoms with Crippen LogP contribution in [0.15, 0.2) is 36.5 Å². The van der Waals surface area contributed by atoms with Gasteiger partial charge in [-0.2, -0.15) is 0 Å². The molecule has 1 saturated carbocycles. The minimum absolute atomic E-state index is 0.0116. The van der Waals surface area contributed by atoms with Gasteiger partial charge in [0.05, 0.1) is 31.1 Å². The third-order valence-corrected chi connectivity index (χ3v) is 7.09. The fourth-order valence-corrected chi connectivity index (χ4v) is 5.21. The largest absolute Gasteiger partial charge is 0.497 e. The van der Waals surface area contributed by atoms with Crippen molar-refractivity contribution in [2.24, 2.45) is 0 Å². The molecule has 0 atom stereocenters. The van der Waals surface area contributed by atoms with Gasteiger partial charge >= 0.3 is 6.03 Å². The highest BCUT2D eigenvalue weighted by molar-refractivity contribution is 5.95. The molecule has 2 aliphatic rings. The van der Waals surface area contributed by atoms with E-state index in [4.69, 9.17) is 4.74 Å². The molecule has 0 radical (unpaired) electrons. The van der Waals surface area contributed by atoms with E-state index in [9.17, 15) is 4.79 Å².